The predicted octanol–water partition coefficient (Wildman–Crippen LogP) is 4.08. The van der Waals surface area contributed by atoms with Crippen LogP contribution in [0.2, 0.25) is 0 Å². The van der Waals surface area contributed by atoms with E-state index in [2.05, 4.69) is 44.8 Å². The molecule has 0 bridgehead atoms. The Morgan fingerprint density at radius 2 is 1.76 bits per heavy atom. The molecule has 1 saturated heterocycles. The lowest BCUT2D eigenvalue weighted by Gasteiger charge is -2.45. The monoisotopic (exact) mass is 255 g/mol. The molecule has 2 fully saturated rings. The van der Waals surface area contributed by atoms with E-state index >= 15 is 0 Å². The van der Waals surface area contributed by atoms with E-state index in [4.69, 9.17) is 0 Å². The van der Waals surface area contributed by atoms with Gasteiger partial charge in [0, 0.05) is 17.8 Å². The van der Waals surface area contributed by atoms with Crippen molar-refractivity contribution in [2.75, 3.05) is 12.3 Å². The van der Waals surface area contributed by atoms with E-state index in [0.29, 0.717) is 10.8 Å². The summed E-state index contributed by atoms with van der Waals surface area (Å²) in [7, 11) is 0. The Morgan fingerprint density at radius 3 is 2.29 bits per heavy atom. The number of thioether (sulfide) groups is 1. The van der Waals surface area contributed by atoms with Gasteiger partial charge in [-0.3, -0.25) is 0 Å². The van der Waals surface area contributed by atoms with Gasteiger partial charge in [-0.2, -0.15) is 11.8 Å². The van der Waals surface area contributed by atoms with E-state index < -0.39 is 0 Å². The highest BCUT2D eigenvalue weighted by Gasteiger charge is 2.38. The van der Waals surface area contributed by atoms with E-state index in [0.717, 1.165) is 11.3 Å². The Bertz CT molecular complexity index is 238. The second kappa shape index (κ2) is 5.13. The fourth-order valence-corrected chi connectivity index (χ4v) is 5.31. The fraction of sp³-hybridized carbons (Fsp3) is 1.00. The van der Waals surface area contributed by atoms with Crippen LogP contribution in [0.5, 0.6) is 0 Å². The number of hydrogen-bond donors (Lipinski definition) is 1. The molecule has 0 amide bonds. The molecule has 1 atom stereocenters. The number of rotatable bonds is 3. The van der Waals surface area contributed by atoms with Crippen LogP contribution < -0.4 is 5.32 Å². The summed E-state index contributed by atoms with van der Waals surface area (Å²) >= 11 is 2.17. The van der Waals surface area contributed by atoms with E-state index in [9.17, 15) is 0 Å². The summed E-state index contributed by atoms with van der Waals surface area (Å²) in [6.45, 7) is 11.0. The van der Waals surface area contributed by atoms with Crippen LogP contribution in [-0.2, 0) is 0 Å². The molecule has 0 aromatic heterocycles. The zero-order chi connectivity index (χ0) is 12.5. The molecule has 2 rings (SSSR count). The van der Waals surface area contributed by atoms with Crippen molar-refractivity contribution in [3.05, 3.63) is 0 Å². The molecule has 100 valence electrons. The average molecular weight is 255 g/mol. The SMILES string of the molecule is CC1(C)CC(NCC2CCCS2)CC(C)(C)C1. The second-order valence-corrected chi connectivity index (χ2v) is 9.06. The van der Waals surface area contributed by atoms with Crippen molar-refractivity contribution in [1.82, 2.24) is 5.32 Å². The van der Waals surface area contributed by atoms with Gasteiger partial charge >= 0.3 is 0 Å². The zero-order valence-corrected chi connectivity index (χ0v) is 12.8. The van der Waals surface area contributed by atoms with Crippen LogP contribution in [0.4, 0.5) is 0 Å². The first-order valence-electron chi connectivity index (χ1n) is 7.21. The predicted molar refractivity (Wildman–Crippen MR) is 78.7 cm³/mol. The lowest BCUT2D eigenvalue weighted by atomic mass is 9.63. The maximum atomic E-state index is 3.85. The van der Waals surface area contributed by atoms with Gasteiger partial charge in [-0.25, -0.2) is 0 Å². The van der Waals surface area contributed by atoms with E-state index in [1.807, 2.05) is 0 Å². The van der Waals surface area contributed by atoms with E-state index in [1.54, 1.807) is 0 Å². The van der Waals surface area contributed by atoms with Crippen molar-refractivity contribution in [3.63, 3.8) is 0 Å². The van der Waals surface area contributed by atoms with Gasteiger partial charge in [0.15, 0.2) is 0 Å². The normalized spacial score (nSPS) is 32.8. The van der Waals surface area contributed by atoms with Gasteiger partial charge in [-0.15, -0.1) is 0 Å². The second-order valence-electron chi connectivity index (χ2n) is 7.65. The Labute approximate surface area is 112 Å². The highest BCUT2D eigenvalue weighted by atomic mass is 32.2. The van der Waals surface area contributed by atoms with Gasteiger partial charge in [0.2, 0.25) is 0 Å². The molecule has 1 aliphatic carbocycles. The van der Waals surface area contributed by atoms with Crippen LogP contribution in [0.1, 0.15) is 59.8 Å². The quantitative estimate of drug-likeness (QED) is 0.815. The van der Waals surface area contributed by atoms with Crippen molar-refractivity contribution in [2.24, 2.45) is 10.8 Å². The van der Waals surface area contributed by atoms with Crippen LogP contribution in [0.25, 0.3) is 0 Å². The molecule has 1 saturated carbocycles. The minimum atomic E-state index is 0.516. The Balaban J connectivity index is 1.83. The van der Waals surface area contributed by atoms with Crippen molar-refractivity contribution >= 4 is 11.8 Å². The van der Waals surface area contributed by atoms with Crippen LogP contribution in [0, 0.1) is 10.8 Å². The van der Waals surface area contributed by atoms with Gasteiger partial charge in [0.1, 0.15) is 0 Å². The first-order chi connectivity index (χ1) is 7.86. The van der Waals surface area contributed by atoms with Crippen molar-refractivity contribution in [1.29, 1.82) is 0 Å². The smallest absolute Gasteiger partial charge is 0.0172 e. The van der Waals surface area contributed by atoms with E-state index in [-0.39, 0.29) is 0 Å². The summed E-state index contributed by atoms with van der Waals surface area (Å²) in [4.78, 5) is 0. The van der Waals surface area contributed by atoms with Gasteiger partial charge in [-0.1, -0.05) is 27.7 Å². The summed E-state index contributed by atoms with van der Waals surface area (Å²) in [5.41, 5.74) is 1.03. The molecule has 0 aromatic rings. The molecule has 2 aliphatic rings. The molecular weight excluding hydrogens is 226 g/mol. The molecule has 1 nitrogen and oxygen atoms in total. The molecule has 2 heteroatoms. The molecule has 1 unspecified atom stereocenters. The number of hydrogen-bond acceptors (Lipinski definition) is 2. The van der Waals surface area contributed by atoms with Gasteiger partial charge in [0.25, 0.3) is 0 Å². The first kappa shape index (κ1) is 13.7. The minimum Gasteiger partial charge on any atom is -0.313 e. The first-order valence-corrected chi connectivity index (χ1v) is 8.26. The molecule has 1 heterocycles. The summed E-state index contributed by atoms with van der Waals surface area (Å²) in [6.07, 6.45) is 6.94. The third kappa shape index (κ3) is 4.17. The number of nitrogens with one attached hydrogen (secondary N) is 1. The van der Waals surface area contributed by atoms with Crippen LogP contribution in [-0.4, -0.2) is 23.6 Å². The zero-order valence-electron chi connectivity index (χ0n) is 12.0. The summed E-state index contributed by atoms with van der Waals surface area (Å²) in [5.74, 6) is 1.38. The molecule has 0 aromatic carbocycles. The van der Waals surface area contributed by atoms with Crippen LogP contribution >= 0.6 is 11.8 Å². The van der Waals surface area contributed by atoms with Gasteiger partial charge < -0.3 is 5.32 Å². The third-order valence-corrected chi connectivity index (χ3v) is 5.61. The lowest BCUT2D eigenvalue weighted by Crippen LogP contribution is -2.45. The lowest BCUT2D eigenvalue weighted by molar-refractivity contribution is 0.0853. The Hall–Kier alpha value is 0.310. The van der Waals surface area contributed by atoms with Crippen molar-refractivity contribution < 1.29 is 0 Å². The molecule has 0 radical (unpaired) electrons. The molecule has 0 spiro atoms. The summed E-state index contributed by atoms with van der Waals surface area (Å²) in [5, 5.41) is 4.75. The standard InChI is InChI=1S/C15H29NS/c1-14(2)8-12(9-15(3,4)11-14)16-10-13-6-5-7-17-13/h12-13,16H,5-11H2,1-4H3. The maximum Gasteiger partial charge on any atom is 0.0172 e. The molecule has 1 aliphatic heterocycles. The van der Waals surface area contributed by atoms with Gasteiger partial charge in [-0.05, 0) is 48.7 Å². The highest BCUT2D eigenvalue weighted by Crippen LogP contribution is 2.45. The minimum absolute atomic E-state index is 0.516. The van der Waals surface area contributed by atoms with Crippen molar-refractivity contribution in [3.8, 4) is 0 Å². The topological polar surface area (TPSA) is 12.0 Å². The van der Waals surface area contributed by atoms with Crippen LogP contribution in [0.15, 0.2) is 0 Å². The molecule has 1 N–H and O–H groups in total. The largest absolute Gasteiger partial charge is 0.313 e. The summed E-state index contributed by atoms with van der Waals surface area (Å²) in [6, 6.07) is 0.745. The van der Waals surface area contributed by atoms with Crippen LogP contribution in [0.3, 0.4) is 0 Å². The molecule has 17 heavy (non-hydrogen) atoms. The molecular formula is C15H29NS. The maximum absolute atomic E-state index is 3.85. The Kier molecular flexibility index (Phi) is 4.14. The van der Waals surface area contributed by atoms with Crippen molar-refractivity contribution in [2.45, 2.75) is 71.1 Å². The van der Waals surface area contributed by atoms with Gasteiger partial charge in [0.05, 0.1) is 0 Å². The average Bonchev–Trinajstić information content (AvgIpc) is 2.61. The van der Waals surface area contributed by atoms with E-state index in [1.165, 1.54) is 44.4 Å². The summed E-state index contributed by atoms with van der Waals surface area (Å²) < 4.78 is 0. The highest BCUT2D eigenvalue weighted by molar-refractivity contribution is 8.00. The fourth-order valence-electron chi connectivity index (χ4n) is 4.09. The Morgan fingerprint density at radius 1 is 1.12 bits per heavy atom. The third-order valence-electron chi connectivity index (χ3n) is 4.21.